The van der Waals surface area contributed by atoms with Gasteiger partial charge in [0.2, 0.25) is 5.91 Å². The van der Waals surface area contributed by atoms with Crippen molar-refractivity contribution < 1.29 is 14.3 Å². The maximum Gasteiger partial charge on any atom is 0.268 e. The smallest absolute Gasteiger partial charge is 0.268 e. The first kappa shape index (κ1) is 25.1. The number of nitrogens with one attached hydrogen (secondary N) is 1. The highest BCUT2D eigenvalue weighted by Gasteiger charge is 2.20. The normalized spacial score (nSPS) is 12.7. The van der Waals surface area contributed by atoms with Crippen LogP contribution in [0, 0.1) is 0 Å². The fourth-order valence-corrected chi connectivity index (χ4v) is 5.36. The van der Waals surface area contributed by atoms with Gasteiger partial charge in [-0.3, -0.25) is 14.2 Å². The predicted octanol–water partition coefficient (Wildman–Crippen LogP) is 5.06. The van der Waals surface area contributed by atoms with Crippen LogP contribution in [0.3, 0.4) is 0 Å². The lowest BCUT2D eigenvalue weighted by atomic mass is 9.95. The molecule has 1 N–H and O–H groups in total. The first-order chi connectivity index (χ1) is 18.0. The molecule has 0 saturated carbocycles. The molecule has 2 aromatic carbocycles. The number of ether oxygens (including phenoxy) is 2. The summed E-state index contributed by atoms with van der Waals surface area (Å²) in [4.78, 5) is 36.1. The Labute approximate surface area is 223 Å². The fraction of sp³-hybridized carbons (Fsp3) is 0.259. The molecule has 4 aromatic rings. The molecule has 190 valence electrons. The van der Waals surface area contributed by atoms with Gasteiger partial charge in [0.1, 0.15) is 11.5 Å². The summed E-state index contributed by atoms with van der Waals surface area (Å²) in [5.74, 6) is 0.827. The van der Waals surface area contributed by atoms with Crippen LogP contribution in [0.1, 0.15) is 24.1 Å². The number of carbonyl (C=O) groups is 1. The van der Waals surface area contributed by atoms with E-state index in [1.165, 1.54) is 11.7 Å². The molecule has 37 heavy (non-hydrogen) atoms. The van der Waals surface area contributed by atoms with E-state index in [0.717, 1.165) is 48.7 Å². The van der Waals surface area contributed by atoms with Gasteiger partial charge >= 0.3 is 0 Å². The van der Waals surface area contributed by atoms with Gasteiger partial charge in [0.25, 0.3) is 5.56 Å². The average molecular weight is 537 g/mol. The van der Waals surface area contributed by atoms with Crippen molar-refractivity contribution in [2.75, 3.05) is 25.3 Å². The number of benzene rings is 2. The van der Waals surface area contributed by atoms with Gasteiger partial charge < -0.3 is 14.8 Å². The standard InChI is InChI=1S/C27H25ClN4O4S/c1-35-19-10-11-22(23(14-19)36-2)29-24(33)15-37-27-31-25-20(12-16-6-3-4-9-21(16)30-25)26(34)32(27)18-8-5-7-17(28)13-18/h5,7-8,10-14H,3-4,6,9,15H2,1-2H3,(H,29,33). The monoisotopic (exact) mass is 536 g/mol. The van der Waals surface area contributed by atoms with Crippen molar-refractivity contribution >= 4 is 46.0 Å². The predicted molar refractivity (Wildman–Crippen MR) is 146 cm³/mol. The van der Waals surface area contributed by atoms with Gasteiger partial charge in [-0.15, -0.1) is 0 Å². The molecule has 1 aliphatic rings. The molecule has 0 bridgehead atoms. The summed E-state index contributed by atoms with van der Waals surface area (Å²) in [6.45, 7) is 0. The number of pyridine rings is 1. The summed E-state index contributed by atoms with van der Waals surface area (Å²) in [7, 11) is 3.08. The van der Waals surface area contributed by atoms with Crippen molar-refractivity contribution in [3.05, 3.63) is 75.2 Å². The zero-order valence-electron chi connectivity index (χ0n) is 20.4. The Morgan fingerprint density at radius 3 is 2.70 bits per heavy atom. The van der Waals surface area contributed by atoms with E-state index in [0.29, 0.717) is 44.1 Å². The Balaban J connectivity index is 1.50. The second kappa shape index (κ2) is 10.8. The van der Waals surface area contributed by atoms with Crippen molar-refractivity contribution in [3.63, 3.8) is 0 Å². The molecule has 0 atom stereocenters. The van der Waals surface area contributed by atoms with E-state index in [9.17, 15) is 9.59 Å². The number of halogens is 1. The maximum absolute atomic E-state index is 13.7. The highest BCUT2D eigenvalue weighted by atomic mass is 35.5. The number of carbonyl (C=O) groups excluding carboxylic acids is 1. The summed E-state index contributed by atoms with van der Waals surface area (Å²) in [6.07, 6.45) is 3.93. The summed E-state index contributed by atoms with van der Waals surface area (Å²) in [5.41, 5.74) is 3.33. The lowest BCUT2D eigenvalue weighted by molar-refractivity contribution is -0.113. The number of methoxy groups -OCH3 is 2. The lowest BCUT2D eigenvalue weighted by Crippen LogP contribution is -2.24. The number of hydrogen-bond acceptors (Lipinski definition) is 7. The second-order valence-corrected chi connectivity index (χ2v) is 9.97. The first-order valence-electron chi connectivity index (χ1n) is 11.8. The van der Waals surface area contributed by atoms with Gasteiger partial charge in [-0.05, 0) is 67.6 Å². The van der Waals surface area contributed by atoms with Crippen LogP contribution in [-0.4, -0.2) is 40.4 Å². The van der Waals surface area contributed by atoms with Crippen LogP contribution < -0.4 is 20.3 Å². The summed E-state index contributed by atoms with van der Waals surface area (Å²) in [5, 5.41) is 4.16. The number of hydrogen-bond donors (Lipinski definition) is 1. The van der Waals surface area contributed by atoms with Gasteiger partial charge in [-0.25, -0.2) is 9.97 Å². The highest BCUT2D eigenvalue weighted by molar-refractivity contribution is 7.99. The maximum atomic E-state index is 13.7. The molecule has 10 heteroatoms. The van der Waals surface area contributed by atoms with Crippen LogP contribution in [0.25, 0.3) is 16.7 Å². The number of anilines is 1. The molecule has 0 aliphatic heterocycles. The van der Waals surface area contributed by atoms with Gasteiger partial charge in [0.15, 0.2) is 10.8 Å². The Morgan fingerprint density at radius 1 is 1.08 bits per heavy atom. The van der Waals surface area contributed by atoms with Crippen LogP contribution in [0.5, 0.6) is 11.5 Å². The van der Waals surface area contributed by atoms with Crippen molar-refractivity contribution in [2.45, 2.75) is 30.8 Å². The van der Waals surface area contributed by atoms with Crippen molar-refractivity contribution in [2.24, 2.45) is 0 Å². The number of fused-ring (bicyclic) bond motifs is 2. The van der Waals surface area contributed by atoms with Crippen molar-refractivity contribution in [3.8, 4) is 17.2 Å². The van der Waals surface area contributed by atoms with E-state index < -0.39 is 0 Å². The Morgan fingerprint density at radius 2 is 1.92 bits per heavy atom. The molecular formula is C27H25ClN4O4S. The van der Waals surface area contributed by atoms with Gasteiger partial charge in [0.05, 0.1) is 36.7 Å². The fourth-order valence-electron chi connectivity index (χ4n) is 4.37. The molecule has 1 aliphatic carbocycles. The zero-order valence-corrected chi connectivity index (χ0v) is 22.0. The number of thioether (sulfide) groups is 1. The number of amides is 1. The zero-order chi connectivity index (χ0) is 25.9. The van der Waals surface area contributed by atoms with Gasteiger partial charge in [-0.2, -0.15) is 0 Å². The third-order valence-corrected chi connectivity index (χ3v) is 7.36. The molecule has 0 fully saturated rings. The number of aryl methyl sites for hydroxylation is 2. The average Bonchev–Trinajstić information content (AvgIpc) is 2.91. The van der Waals surface area contributed by atoms with Gasteiger partial charge in [-0.1, -0.05) is 29.4 Å². The molecule has 5 rings (SSSR count). The number of nitrogens with zero attached hydrogens (tertiary/aromatic N) is 3. The van der Waals surface area contributed by atoms with Crippen LogP contribution >= 0.6 is 23.4 Å². The Kier molecular flexibility index (Phi) is 7.34. The molecule has 1 amide bonds. The minimum atomic E-state index is -0.279. The number of aromatic nitrogens is 3. The largest absolute Gasteiger partial charge is 0.497 e. The van der Waals surface area contributed by atoms with E-state index in [1.54, 1.807) is 49.6 Å². The molecule has 0 spiro atoms. The van der Waals surface area contributed by atoms with E-state index in [2.05, 4.69) is 5.32 Å². The minimum Gasteiger partial charge on any atom is -0.497 e. The molecule has 0 saturated heterocycles. The summed E-state index contributed by atoms with van der Waals surface area (Å²) in [6, 6.07) is 14.1. The van der Waals surface area contributed by atoms with Crippen molar-refractivity contribution in [1.29, 1.82) is 0 Å². The summed E-state index contributed by atoms with van der Waals surface area (Å²) < 4.78 is 12.1. The van der Waals surface area contributed by atoms with E-state index in [4.69, 9.17) is 31.0 Å². The van der Waals surface area contributed by atoms with Crippen LogP contribution in [0.2, 0.25) is 5.02 Å². The molecule has 0 radical (unpaired) electrons. The molecular weight excluding hydrogens is 512 g/mol. The second-order valence-electron chi connectivity index (χ2n) is 8.59. The third-order valence-electron chi connectivity index (χ3n) is 6.19. The van der Waals surface area contributed by atoms with Crippen molar-refractivity contribution in [1.82, 2.24) is 14.5 Å². The minimum absolute atomic E-state index is 0.0125. The van der Waals surface area contributed by atoms with E-state index in [-0.39, 0.29) is 17.2 Å². The molecule has 0 unspecified atom stereocenters. The highest BCUT2D eigenvalue weighted by Crippen LogP contribution is 2.30. The molecule has 8 nitrogen and oxygen atoms in total. The summed E-state index contributed by atoms with van der Waals surface area (Å²) >= 11 is 7.39. The topological polar surface area (TPSA) is 95.3 Å². The Hall–Kier alpha value is -3.56. The quantitative estimate of drug-likeness (QED) is 0.260. The first-order valence-corrected chi connectivity index (χ1v) is 13.2. The third kappa shape index (κ3) is 5.28. The van der Waals surface area contributed by atoms with Crippen LogP contribution in [-0.2, 0) is 17.6 Å². The van der Waals surface area contributed by atoms with Crippen LogP contribution in [0.4, 0.5) is 5.69 Å². The molecule has 2 heterocycles. The number of rotatable bonds is 7. The van der Waals surface area contributed by atoms with Crippen LogP contribution in [0.15, 0.2) is 58.5 Å². The van der Waals surface area contributed by atoms with E-state index >= 15 is 0 Å². The Bertz CT molecular complexity index is 1560. The SMILES string of the molecule is COc1ccc(NC(=O)CSc2nc3nc4c(cc3c(=O)n2-c2cccc(Cl)c2)CCCC4)c(OC)c1. The van der Waals surface area contributed by atoms with E-state index in [1.807, 2.05) is 6.07 Å². The molecule has 2 aromatic heterocycles. The van der Waals surface area contributed by atoms with Gasteiger partial charge in [0, 0.05) is 16.8 Å². The lowest BCUT2D eigenvalue weighted by Gasteiger charge is -2.17.